The Morgan fingerprint density at radius 2 is 2.10 bits per heavy atom. The minimum atomic E-state index is -0.494. The highest BCUT2D eigenvalue weighted by Gasteiger charge is 2.14. The number of thiazole rings is 1. The summed E-state index contributed by atoms with van der Waals surface area (Å²) >= 11 is 1.66. The quantitative estimate of drug-likeness (QED) is 0.872. The van der Waals surface area contributed by atoms with Crippen molar-refractivity contribution in [3.63, 3.8) is 0 Å². The van der Waals surface area contributed by atoms with Gasteiger partial charge in [0, 0.05) is 4.88 Å². The van der Waals surface area contributed by atoms with Crippen LogP contribution in [0.2, 0.25) is 0 Å². The molecule has 0 amide bonds. The number of anilines is 1. The van der Waals surface area contributed by atoms with Crippen molar-refractivity contribution in [2.24, 2.45) is 0 Å². The fourth-order valence-corrected chi connectivity index (χ4v) is 2.78. The average molecular weight is 292 g/mol. The van der Waals surface area contributed by atoms with E-state index in [0.717, 1.165) is 10.7 Å². The van der Waals surface area contributed by atoms with Crippen molar-refractivity contribution in [3.05, 3.63) is 33.7 Å². The number of nitrogens with one attached hydrogen (secondary N) is 1. The van der Waals surface area contributed by atoms with E-state index in [0.29, 0.717) is 5.82 Å². The smallest absolute Gasteiger partial charge is 0.358 e. The van der Waals surface area contributed by atoms with Crippen LogP contribution >= 0.6 is 11.3 Å². The fraction of sp³-hybridized carbons (Fsp3) is 0.385. The predicted molar refractivity (Wildman–Crippen MR) is 77.0 cm³/mol. The Bertz CT molecular complexity index is 609. The van der Waals surface area contributed by atoms with Crippen LogP contribution in [0.5, 0.6) is 0 Å². The number of esters is 1. The number of hydrogen-bond donors (Lipinski definition) is 1. The zero-order chi connectivity index (χ0) is 14.7. The van der Waals surface area contributed by atoms with E-state index in [2.05, 4.69) is 25.0 Å². The van der Waals surface area contributed by atoms with Gasteiger partial charge in [-0.25, -0.2) is 19.7 Å². The summed E-state index contributed by atoms with van der Waals surface area (Å²) < 4.78 is 4.58. The van der Waals surface area contributed by atoms with Crippen molar-refractivity contribution in [1.29, 1.82) is 0 Å². The zero-order valence-electron chi connectivity index (χ0n) is 11.8. The second-order valence-corrected chi connectivity index (χ2v) is 5.56. The first kappa shape index (κ1) is 14.4. The molecule has 0 aliphatic rings. The number of ether oxygens (including phenoxy) is 1. The molecule has 0 aliphatic carbocycles. The lowest BCUT2D eigenvalue weighted by Gasteiger charge is -2.13. The normalized spacial score (nSPS) is 12.0. The zero-order valence-corrected chi connectivity index (χ0v) is 12.6. The van der Waals surface area contributed by atoms with Gasteiger partial charge in [-0.1, -0.05) is 0 Å². The molecule has 2 rings (SSSR count). The van der Waals surface area contributed by atoms with E-state index in [1.807, 2.05) is 20.8 Å². The van der Waals surface area contributed by atoms with Gasteiger partial charge in [0.25, 0.3) is 0 Å². The number of nitrogens with zero attached hydrogens (tertiary/aromatic N) is 3. The van der Waals surface area contributed by atoms with E-state index >= 15 is 0 Å². The Kier molecular flexibility index (Phi) is 4.29. The van der Waals surface area contributed by atoms with E-state index in [-0.39, 0.29) is 11.7 Å². The number of carbonyl (C=O) groups excluding carboxylic acids is 1. The number of aromatic nitrogens is 3. The molecule has 6 nitrogen and oxygen atoms in total. The minimum absolute atomic E-state index is 0.0828. The van der Waals surface area contributed by atoms with Crippen LogP contribution in [0.1, 0.15) is 39.0 Å². The molecule has 0 radical (unpaired) electrons. The number of methoxy groups -OCH3 is 1. The lowest BCUT2D eigenvalue weighted by atomic mass is 10.2. The highest BCUT2D eigenvalue weighted by molar-refractivity contribution is 7.11. The molecule has 106 valence electrons. The number of hydrogen-bond acceptors (Lipinski definition) is 7. The van der Waals surface area contributed by atoms with Gasteiger partial charge < -0.3 is 10.1 Å². The van der Waals surface area contributed by atoms with Gasteiger partial charge in [-0.05, 0) is 20.8 Å². The van der Waals surface area contributed by atoms with Crippen molar-refractivity contribution in [2.75, 3.05) is 12.4 Å². The minimum Gasteiger partial charge on any atom is -0.464 e. The van der Waals surface area contributed by atoms with Crippen LogP contribution in [-0.2, 0) is 4.74 Å². The molecule has 2 aromatic heterocycles. The van der Waals surface area contributed by atoms with Crippen molar-refractivity contribution in [2.45, 2.75) is 26.8 Å². The number of carbonyl (C=O) groups is 1. The van der Waals surface area contributed by atoms with Crippen LogP contribution in [0.3, 0.4) is 0 Å². The molecule has 1 N–H and O–H groups in total. The van der Waals surface area contributed by atoms with Gasteiger partial charge in [0.2, 0.25) is 0 Å². The second-order valence-electron chi connectivity index (χ2n) is 4.33. The Labute approximate surface area is 121 Å². The van der Waals surface area contributed by atoms with E-state index < -0.39 is 5.97 Å². The molecule has 20 heavy (non-hydrogen) atoms. The largest absolute Gasteiger partial charge is 0.464 e. The molecule has 1 unspecified atom stereocenters. The molecule has 0 bridgehead atoms. The van der Waals surface area contributed by atoms with Gasteiger partial charge in [0.1, 0.15) is 5.82 Å². The SMILES string of the molecule is COC(=O)c1cnc(NC(C)c2sc(C)nc2C)cn1. The summed E-state index contributed by atoms with van der Waals surface area (Å²) in [6.07, 6.45) is 2.91. The molecular formula is C13H16N4O2S. The van der Waals surface area contributed by atoms with Gasteiger partial charge in [0.05, 0.1) is 36.2 Å². The third kappa shape index (κ3) is 3.11. The Hall–Kier alpha value is -2.02. The van der Waals surface area contributed by atoms with E-state index in [1.54, 1.807) is 11.3 Å². The maximum Gasteiger partial charge on any atom is 0.358 e. The molecule has 1 atom stereocenters. The maximum absolute atomic E-state index is 11.3. The highest BCUT2D eigenvalue weighted by atomic mass is 32.1. The molecule has 0 saturated heterocycles. The Morgan fingerprint density at radius 1 is 1.35 bits per heavy atom. The van der Waals surface area contributed by atoms with E-state index in [1.165, 1.54) is 24.4 Å². The lowest BCUT2D eigenvalue weighted by Crippen LogP contribution is -2.10. The first-order chi connectivity index (χ1) is 9.51. The van der Waals surface area contributed by atoms with Gasteiger partial charge in [-0.15, -0.1) is 11.3 Å². The topological polar surface area (TPSA) is 77.0 Å². The molecule has 7 heteroatoms. The summed E-state index contributed by atoms with van der Waals surface area (Å²) in [5.41, 5.74) is 1.21. The molecular weight excluding hydrogens is 276 g/mol. The Morgan fingerprint density at radius 3 is 2.60 bits per heavy atom. The fourth-order valence-electron chi connectivity index (χ4n) is 1.85. The summed E-state index contributed by atoms with van der Waals surface area (Å²) in [5.74, 6) is 0.113. The standard InChI is InChI=1S/C13H16N4O2S/c1-7-12(20-9(3)16-7)8(2)17-11-6-14-10(5-15-11)13(18)19-4/h5-6,8H,1-4H3,(H,15,17). The number of rotatable bonds is 4. The molecule has 0 aliphatic heterocycles. The van der Waals surface area contributed by atoms with Crippen molar-refractivity contribution in [3.8, 4) is 0 Å². The summed E-state index contributed by atoms with van der Waals surface area (Å²) in [6.45, 7) is 6.01. The molecule has 2 heterocycles. The molecule has 2 aromatic rings. The molecule has 0 spiro atoms. The van der Waals surface area contributed by atoms with Gasteiger partial charge >= 0.3 is 5.97 Å². The van der Waals surface area contributed by atoms with Crippen LogP contribution in [0.4, 0.5) is 5.82 Å². The highest BCUT2D eigenvalue weighted by Crippen LogP contribution is 2.26. The maximum atomic E-state index is 11.3. The van der Waals surface area contributed by atoms with E-state index in [9.17, 15) is 4.79 Å². The average Bonchev–Trinajstić information content (AvgIpc) is 2.78. The third-order valence-electron chi connectivity index (χ3n) is 2.74. The van der Waals surface area contributed by atoms with Crippen molar-refractivity contribution >= 4 is 23.1 Å². The van der Waals surface area contributed by atoms with Crippen LogP contribution in [0.25, 0.3) is 0 Å². The third-order valence-corrected chi connectivity index (χ3v) is 4.00. The van der Waals surface area contributed by atoms with Crippen LogP contribution in [0, 0.1) is 13.8 Å². The van der Waals surface area contributed by atoms with Crippen LogP contribution in [-0.4, -0.2) is 28.0 Å². The molecule has 0 aromatic carbocycles. The van der Waals surface area contributed by atoms with E-state index in [4.69, 9.17) is 0 Å². The Balaban J connectivity index is 2.10. The first-order valence-electron chi connectivity index (χ1n) is 6.12. The summed E-state index contributed by atoms with van der Waals surface area (Å²) in [5, 5.41) is 4.28. The molecule has 0 fully saturated rings. The summed E-state index contributed by atoms with van der Waals surface area (Å²) in [6, 6.07) is 0.0828. The summed E-state index contributed by atoms with van der Waals surface area (Å²) in [4.78, 5) is 25.0. The van der Waals surface area contributed by atoms with Crippen molar-refractivity contribution in [1.82, 2.24) is 15.0 Å². The van der Waals surface area contributed by atoms with Gasteiger partial charge in [-0.2, -0.15) is 0 Å². The molecule has 0 saturated carbocycles. The van der Waals surface area contributed by atoms with Crippen molar-refractivity contribution < 1.29 is 9.53 Å². The monoisotopic (exact) mass is 292 g/mol. The summed E-state index contributed by atoms with van der Waals surface area (Å²) in [7, 11) is 1.31. The van der Waals surface area contributed by atoms with Crippen LogP contribution < -0.4 is 5.32 Å². The van der Waals surface area contributed by atoms with Gasteiger partial charge in [0.15, 0.2) is 5.69 Å². The van der Waals surface area contributed by atoms with Crippen LogP contribution in [0.15, 0.2) is 12.4 Å². The van der Waals surface area contributed by atoms with Gasteiger partial charge in [-0.3, -0.25) is 0 Å². The predicted octanol–water partition coefficient (Wildman–Crippen LogP) is 2.51. The second kappa shape index (κ2) is 5.96. The lowest BCUT2D eigenvalue weighted by molar-refractivity contribution is 0.0593. The number of aryl methyl sites for hydroxylation is 2. The first-order valence-corrected chi connectivity index (χ1v) is 6.93.